The van der Waals surface area contributed by atoms with Crippen LogP contribution in [0.4, 0.5) is 17.1 Å². The van der Waals surface area contributed by atoms with Crippen molar-refractivity contribution in [3.05, 3.63) is 51.5 Å². The Morgan fingerprint density at radius 1 is 1.09 bits per heavy atom. The normalized spacial score (nSPS) is 11.0. The van der Waals surface area contributed by atoms with Crippen molar-refractivity contribution in [1.29, 1.82) is 0 Å². The van der Waals surface area contributed by atoms with Crippen LogP contribution in [0.2, 0.25) is 15.1 Å². The Morgan fingerprint density at radius 2 is 1.77 bits per heavy atom. The highest BCUT2D eigenvalue weighted by Gasteiger charge is 2.07. The monoisotopic (exact) mass is 355 g/mol. The SMILES string of the molecule is CCN(C)/C=N\c1cc(Cl)c(Nc2ccc(Cl)cc2)cc1Cl. The van der Waals surface area contributed by atoms with Gasteiger partial charge in [-0.3, -0.25) is 0 Å². The van der Waals surface area contributed by atoms with Crippen LogP contribution in [0.3, 0.4) is 0 Å². The van der Waals surface area contributed by atoms with Crippen molar-refractivity contribution in [2.24, 2.45) is 4.99 Å². The highest BCUT2D eigenvalue weighted by molar-refractivity contribution is 6.37. The lowest BCUT2D eigenvalue weighted by Gasteiger charge is -2.12. The summed E-state index contributed by atoms with van der Waals surface area (Å²) in [6, 6.07) is 10.8. The minimum absolute atomic E-state index is 0.529. The summed E-state index contributed by atoms with van der Waals surface area (Å²) in [5, 5.41) is 4.96. The first-order valence-corrected chi connectivity index (χ1v) is 7.89. The van der Waals surface area contributed by atoms with E-state index in [2.05, 4.69) is 10.3 Å². The van der Waals surface area contributed by atoms with Crippen LogP contribution in [0, 0.1) is 0 Å². The van der Waals surface area contributed by atoms with E-state index >= 15 is 0 Å². The zero-order valence-electron chi connectivity index (χ0n) is 12.3. The third-order valence-corrected chi connectivity index (χ3v) is 3.92. The molecule has 0 unspecified atom stereocenters. The number of hydrogen-bond donors (Lipinski definition) is 1. The molecule has 0 bridgehead atoms. The van der Waals surface area contributed by atoms with Gasteiger partial charge < -0.3 is 10.2 Å². The number of rotatable bonds is 5. The molecule has 0 spiro atoms. The van der Waals surface area contributed by atoms with Gasteiger partial charge in [0.15, 0.2) is 0 Å². The molecule has 2 aromatic rings. The van der Waals surface area contributed by atoms with Gasteiger partial charge in [-0.25, -0.2) is 4.99 Å². The lowest BCUT2D eigenvalue weighted by molar-refractivity contribution is 0.552. The fourth-order valence-corrected chi connectivity index (χ4v) is 2.21. The van der Waals surface area contributed by atoms with Gasteiger partial charge >= 0.3 is 0 Å². The third-order valence-electron chi connectivity index (χ3n) is 3.05. The van der Waals surface area contributed by atoms with Gasteiger partial charge in [0.05, 0.1) is 27.8 Å². The molecule has 2 rings (SSSR count). The largest absolute Gasteiger partial charge is 0.366 e. The van der Waals surface area contributed by atoms with E-state index in [-0.39, 0.29) is 0 Å². The second-order valence-corrected chi connectivity index (χ2v) is 5.98. The summed E-state index contributed by atoms with van der Waals surface area (Å²) < 4.78 is 0. The van der Waals surface area contributed by atoms with E-state index in [4.69, 9.17) is 34.8 Å². The summed E-state index contributed by atoms with van der Waals surface area (Å²) >= 11 is 18.4. The number of nitrogens with one attached hydrogen (secondary N) is 1. The molecule has 0 radical (unpaired) electrons. The summed E-state index contributed by atoms with van der Waals surface area (Å²) in [7, 11) is 1.94. The Labute approximate surface area is 145 Å². The Hall–Kier alpha value is -1.42. The third kappa shape index (κ3) is 4.54. The molecule has 0 saturated heterocycles. The maximum absolute atomic E-state index is 6.30. The minimum Gasteiger partial charge on any atom is -0.366 e. The van der Waals surface area contributed by atoms with E-state index < -0.39 is 0 Å². The molecule has 0 atom stereocenters. The van der Waals surface area contributed by atoms with E-state index in [1.165, 1.54) is 0 Å². The summed E-state index contributed by atoms with van der Waals surface area (Å²) in [5.41, 5.74) is 2.23. The highest BCUT2D eigenvalue weighted by Crippen LogP contribution is 2.35. The smallest absolute Gasteiger partial charge is 0.0910 e. The Kier molecular flexibility index (Phi) is 5.95. The van der Waals surface area contributed by atoms with Crippen molar-refractivity contribution in [3.8, 4) is 0 Å². The predicted octanol–water partition coefficient (Wildman–Crippen LogP) is 6.00. The van der Waals surface area contributed by atoms with Crippen molar-refractivity contribution < 1.29 is 0 Å². The number of hydrogen-bond acceptors (Lipinski definition) is 2. The molecule has 0 aliphatic heterocycles. The number of halogens is 3. The average Bonchev–Trinajstić information content (AvgIpc) is 2.51. The van der Waals surface area contributed by atoms with E-state index in [1.807, 2.05) is 31.0 Å². The molecule has 0 aliphatic rings. The molecule has 3 nitrogen and oxygen atoms in total. The Balaban J connectivity index is 2.22. The average molecular weight is 357 g/mol. The van der Waals surface area contributed by atoms with E-state index in [0.717, 1.165) is 17.9 Å². The lowest BCUT2D eigenvalue weighted by atomic mass is 10.2. The van der Waals surface area contributed by atoms with Crippen LogP contribution < -0.4 is 5.32 Å². The Bertz CT molecular complexity index is 669. The van der Waals surface area contributed by atoms with Crippen molar-refractivity contribution in [2.75, 3.05) is 18.9 Å². The molecule has 6 heteroatoms. The van der Waals surface area contributed by atoms with Crippen molar-refractivity contribution >= 4 is 58.2 Å². The molecule has 0 saturated carbocycles. The van der Waals surface area contributed by atoms with Gasteiger partial charge in [-0.05, 0) is 43.3 Å². The van der Waals surface area contributed by atoms with Gasteiger partial charge in [0.25, 0.3) is 0 Å². The van der Waals surface area contributed by atoms with E-state index in [0.29, 0.717) is 20.8 Å². The van der Waals surface area contributed by atoms with Crippen LogP contribution in [0.5, 0.6) is 0 Å². The number of aliphatic imine (C=N–C) groups is 1. The molecule has 0 heterocycles. The van der Waals surface area contributed by atoms with Gasteiger partial charge in [0.1, 0.15) is 0 Å². The molecule has 2 aromatic carbocycles. The maximum atomic E-state index is 6.30. The van der Waals surface area contributed by atoms with Crippen LogP contribution >= 0.6 is 34.8 Å². The molecule has 0 amide bonds. The molecular weight excluding hydrogens is 341 g/mol. The minimum atomic E-state index is 0.529. The van der Waals surface area contributed by atoms with Gasteiger partial charge in [0.2, 0.25) is 0 Å². The zero-order chi connectivity index (χ0) is 16.1. The van der Waals surface area contributed by atoms with Crippen LogP contribution in [-0.4, -0.2) is 24.8 Å². The van der Waals surface area contributed by atoms with Crippen LogP contribution in [-0.2, 0) is 0 Å². The number of anilines is 2. The number of nitrogens with zero attached hydrogens (tertiary/aromatic N) is 2. The first kappa shape index (κ1) is 16.9. The zero-order valence-corrected chi connectivity index (χ0v) is 14.5. The van der Waals surface area contributed by atoms with Gasteiger partial charge in [-0.2, -0.15) is 0 Å². The first-order chi connectivity index (χ1) is 10.5. The summed E-state index contributed by atoms with van der Waals surface area (Å²) in [6.07, 6.45) is 1.73. The molecule has 0 aliphatic carbocycles. The molecule has 0 fully saturated rings. The molecule has 0 aromatic heterocycles. The lowest BCUT2D eigenvalue weighted by Crippen LogP contribution is -2.14. The first-order valence-electron chi connectivity index (χ1n) is 6.75. The van der Waals surface area contributed by atoms with Crippen LogP contribution in [0.1, 0.15) is 6.92 Å². The molecular formula is C16H16Cl3N3. The fraction of sp³-hybridized carbons (Fsp3) is 0.188. The molecule has 22 heavy (non-hydrogen) atoms. The summed E-state index contributed by atoms with van der Waals surface area (Å²) in [6.45, 7) is 2.91. The standard InChI is InChI=1S/C16H16Cl3N3/c1-3-22(2)10-20-15-8-14(19)16(9-13(15)18)21-12-6-4-11(17)5-7-12/h4-10,21H,3H2,1-2H3/b20-10-. The van der Waals surface area contributed by atoms with Crippen LogP contribution in [0.15, 0.2) is 41.4 Å². The predicted molar refractivity (Wildman–Crippen MR) is 97.7 cm³/mol. The topological polar surface area (TPSA) is 27.6 Å². The Morgan fingerprint density at radius 3 is 2.41 bits per heavy atom. The van der Waals surface area contributed by atoms with Gasteiger partial charge in [-0.15, -0.1) is 0 Å². The number of benzene rings is 2. The molecule has 1 N–H and O–H groups in total. The molecule has 116 valence electrons. The van der Waals surface area contributed by atoms with Crippen molar-refractivity contribution in [1.82, 2.24) is 4.90 Å². The second kappa shape index (κ2) is 7.73. The van der Waals surface area contributed by atoms with Gasteiger partial charge in [-0.1, -0.05) is 34.8 Å². The van der Waals surface area contributed by atoms with E-state index in [9.17, 15) is 0 Å². The highest BCUT2D eigenvalue weighted by atomic mass is 35.5. The quantitative estimate of drug-likeness (QED) is 0.525. The maximum Gasteiger partial charge on any atom is 0.0910 e. The summed E-state index contributed by atoms with van der Waals surface area (Å²) in [4.78, 5) is 6.28. The van der Waals surface area contributed by atoms with Crippen molar-refractivity contribution in [2.45, 2.75) is 6.92 Å². The summed E-state index contributed by atoms with van der Waals surface area (Å²) in [5.74, 6) is 0. The van der Waals surface area contributed by atoms with Crippen LogP contribution in [0.25, 0.3) is 0 Å². The van der Waals surface area contributed by atoms with Crippen molar-refractivity contribution in [3.63, 3.8) is 0 Å². The fourth-order valence-electron chi connectivity index (χ4n) is 1.66. The van der Waals surface area contributed by atoms with Gasteiger partial charge in [0, 0.05) is 24.3 Å². The van der Waals surface area contributed by atoms with E-state index in [1.54, 1.807) is 30.6 Å². The second-order valence-electron chi connectivity index (χ2n) is 4.73.